The summed E-state index contributed by atoms with van der Waals surface area (Å²) in [6.07, 6.45) is 1.56. The summed E-state index contributed by atoms with van der Waals surface area (Å²) in [5, 5.41) is 5.87. The first-order valence-electron chi connectivity index (χ1n) is 9.05. The molecule has 136 valence electrons. The molecule has 1 atom stereocenters. The highest BCUT2D eigenvalue weighted by Gasteiger charge is 2.33. The molecule has 0 aromatic heterocycles. The molecule has 3 rings (SSSR count). The zero-order valence-electron chi connectivity index (χ0n) is 15.1. The van der Waals surface area contributed by atoms with Crippen molar-refractivity contribution in [2.24, 2.45) is 0 Å². The van der Waals surface area contributed by atoms with Crippen LogP contribution in [0.2, 0.25) is 0 Å². The minimum absolute atomic E-state index is 0.0852. The second kappa shape index (κ2) is 8.52. The first kappa shape index (κ1) is 18.0. The second-order valence-electron chi connectivity index (χ2n) is 6.70. The third kappa shape index (κ3) is 4.63. The van der Waals surface area contributed by atoms with Gasteiger partial charge in [-0.05, 0) is 30.9 Å². The molecule has 5 heteroatoms. The Morgan fingerprint density at radius 2 is 1.62 bits per heavy atom. The van der Waals surface area contributed by atoms with Crippen LogP contribution in [0.1, 0.15) is 29.5 Å². The smallest absolute Gasteiger partial charge is 0.318 e. The van der Waals surface area contributed by atoms with E-state index in [0.717, 1.165) is 17.5 Å². The molecule has 0 bridgehead atoms. The fraction of sp³-hybridized carbons (Fsp3) is 0.333. The molecule has 3 amide bonds. The van der Waals surface area contributed by atoms with Crippen molar-refractivity contribution in [3.8, 4) is 0 Å². The van der Waals surface area contributed by atoms with E-state index in [0.29, 0.717) is 26.1 Å². The van der Waals surface area contributed by atoms with Gasteiger partial charge in [0.15, 0.2) is 0 Å². The molecular weight excluding hydrogens is 326 g/mol. The van der Waals surface area contributed by atoms with Gasteiger partial charge in [0.2, 0.25) is 5.91 Å². The molecule has 0 aliphatic carbocycles. The maximum absolute atomic E-state index is 12.5. The van der Waals surface area contributed by atoms with Crippen LogP contribution in [0.3, 0.4) is 0 Å². The highest BCUT2D eigenvalue weighted by atomic mass is 16.2. The zero-order chi connectivity index (χ0) is 18.4. The molecule has 0 unspecified atom stereocenters. The highest BCUT2D eigenvalue weighted by molar-refractivity contribution is 5.87. The van der Waals surface area contributed by atoms with Gasteiger partial charge in [0, 0.05) is 19.6 Å². The van der Waals surface area contributed by atoms with Crippen molar-refractivity contribution in [2.75, 3.05) is 6.54 Å². The Balaban J connectivity index is 1.52. The van der Waals surface area contributed by atoms with Gasteiger partial charge in [-0.25, -0.2) is 4.79 Å². The van der Waals surface area contributed by atoms with Gasteiger partial charge < -0.3 is 15.5 Å². The van der Waals surface area contributed by atoms with Gasteiger partial charge in [0.1, 0.15) is 6.04 Å². The number of benzene rings is 2. The third-order valence-corrected chi connectivity index (χ3v) is 4.69. The van der Waals surface area contributed by atoms with Crippen LogP contribution in [0, 0.1) is 6.92 Å². The normalized spacial score (nSPS) is 16.3. The number of rotatable bonds is 5. The Labute approximate surface area is 154 Å². The summed E-state index contributed by atoms with van der Waals surface area (Å²) in [4.78, 5) is 26.7. The van der Waals surface area contributed by atoms with Crippen LogP contribution in [-0.4, -0.2) is 29.4 Å². The third-order valence-electron chi connectivity index (χ3n) is 4.69. The Bertz CT molecular complexity index is 744. The number of carbonyl (C=O) groups excluding carboxylic acids is 2. The van der Waals surface area contributed by atoms with Crippen LogP contribution >= 0.6 is 0 Å². The van der Waals surface area contributed by atoms with Crippen LogP contribution in [-0.2, 0) is 17.9 Å². The van der Waals surface area contributed by atoms with Crippen molar-refractivity contribution >= 4 is 11.9 Å². The molecule has 1 heterocycles. The van der Waals surface area contributed by atoms with Crippen molar-refractivity contribution in [1.29, 1.82) is 0 Å². The molecule has 1 saturated heterocycles. The second-order valence-corrected chi connectivity index (χ2v) is 6.70. The minimum Gasteiger partial charge on any atom is -0.350 e. The summed E-state index contributed by atoms with van der Waals surface area (Å²) >= 11 is 0. The molecule has 2 aromatic carbocycles. The van der Waals surface area contributed by atoms with Gasteiger partial charge in [-0.15, -0.1) is 0 Å². The summed E-state index contributed by atoms with van der Waals surface area (Å²) < 4.78 is 0. The van der Waals surface area contributed by atoms with E-state index in [1.54, 1.807) is 4.90 Å². The lowest BCUT2D eigenvalue weighted by molar-refractivity contribution is -0.124. The van der Waals surface area contributed by atoms with E-state index < -0.39 is 6.04 Å². The van der Waals surface area contributed by atoms with Crippen molar-refractivity contribution in [1.82, 2.24) is 15.5 Å². The van der Waals surface area contributed by atoms with Gasteiger partial charge in [0.25, 0.3) is 0 Å². The van der Waals surface area contributed by atoms with Crippen LogP contribution in [0.15, 0.2) is 54.6 Å². The molecule has 0 radical (unpaired) electrons. The molecule has 2 aromatic rings. The molecular formula is C21H25N3O2. The first-order chi connectivity index (χ1) is 12.6. The average molecular weight is 351 g/mol. The lowest BCUT2D eigenvalue weighted by atomic mass is 10.1. The van der Waals surface area contributed by atoms with Gasteiger partial charge >= 0.3 is 6.03 Å². The van der Waals surface area contributed by atoms with E-state index in [-0.39, 0.29) is 11.9 Å². The number of amides is 3. The fourth-order valence-electron chi connectivity index (χ4n) is 3.17. The van der Waals surface area contributed by atoms with Crippen molar-refractivity contribution in [3.05, 3.63) is 71.3 Å². The van der Waals surface area contributed by atoms with Crippen LogP contribution in [0.25, 0.3) is 0 Å². The van der Waals surface area contributed by atoms with E-state index in [4.69, 9.17) is 0 Å². The molecule has 1 aliphatic heterocycles. The summed E-state index contributed by atoms with van der Waals surface area (Å²) in [6.45, 7) is 3.60. The topological polar surface area (TPSA) is 61.4 Å². The fourth-order valence-corrected chi connectivity index (χ4v) is 3.17. The molecule has 0 saturated carbocycles. The van der Waals surface area contributed by atoms with Crippen LogP contribution < -0.4 is 10.6 Å². The molecule has 1 aliphatic rings. The number of aryl methyl sites for hydroxylation is 1. The zero-order valence-corrected chi connectivity index (χ0v) is 15.1. The number of hydrogen-bond acceptors (Lipinski definition) is 2. The van der Waals surface area contributed by atoms with Crippen LogP contribution in [0.4, 0.5) is 4.79 Å². The molecule has 2 N–H and O–H groups in total. The number of carbonyl (C=O) groups is 2. The number of nitrogens with one attached hydrogen (secondary N) is 2. The van der Waals surface area contributed by atoms with E-state index in [2.05, 4.69) is 10.6 Å². The SMILES string of the molecule is Cc1ccc(CNC(=O)[C@H]2CCCN2C(=O)NCc2ccccc2)cc1. The predicted octanol–water partition coefficient (Wildman–Crippen LogP) is 2.99. The van der Waals surface area contributed by atoms with E-state index in [1.807, 2.05) is 61.5 Å². The quantitative estimate of drug-likeness (QED) is 0.870. The Hall–Kier alpha value is -2.82. The Morgan fingerprint density at radius 1 is 0.962 bits per heavy atom. The molecule has 1 fully saturated rings. The highest BCUT2D eigenvalue weighted by Crippen LogP contribution is 2.18. The minimum atomic E-state index is -0.392. The van der Waals surface area contributed by atoms with Gasteiger partial charge in [0.05, 0.1) is 0 Å². The number of nitrogens with zero attached hydrogens (tertiary/aromatic N) is 1. The van der Waals surface area contributed by atoms with Crippen molar-refractivity contribution < 1.29 is 9.59 Å². The molecule has 0 spiro atoms. The summed E-state index contributed by atoms with van der Waals surface area (Å²) in [7, 11) is 0. The average Bonchev–Trinajstić information content (AvgIpc) is 3.16. The van der Waals surface area contributed by atoms with Crippen molar-refractivity contribution in [2.45, 2.75) is 38.9 Å². The number of hydrogen-bond donors (Lipinski definition) is 2. The number of likely N-dealkylation sites (tertiary alicyclic amines) is 1. The van der Waals surface area contributed by atoms with Gasteiger partial charge in [-0.1, -0.05) is 60.2 Å². The van der Waals surface area contributed by atoms with E-state index in [1.165, 1.54) is 5.56 Å². The predicted molar refractivity (Wildman–Crippen MR) is 101 cm³/mol. The largest absolute Gasteiger partial charge is 0.350 e. The standard InChI is InChI=1S/C21H25N3O2/c1-16-9-11-18(12-10-16)14-22-20(25)19-8-5-13-24(19)21(26)23-15-17-6-3-2-4-7-17/h2-4,6-7,9-12,19H,5,8,13-15H2,1H3,(H,22,25)(H,23,26)/t19-/m1/s1. The van der Waals surface area contributed by atoms with Crippen LogP contribution in [0.5, 0.6) is 0 Å². The number of urea groups is 1. The van der Waals surface area contributed by atoms with Gasteiger partial charge in [-0.3, -0.25) is 4.79 Å². The lowest BCUT2D eigenvalue weighted by Gasteiger charge is -2.24. The van der Waals surface area contributed by atoms with Crippen molar-refractivity contribution in [3.63, 3.8) is 0 Å². The Morgan fingerprint density at radius 3 is 2.35 bits per heavy atom. The summed E-state index contributed by atoms with van der Waals surface area (Å²) in [5.41, 5.74) is 3.29. The van der Waals surface area contributed by atoms with Gasteiger partial charge in [-0.2, -0.15) is 0 Å². The van der Waals surface area contributed by atoms with E-state index >= 15 is 0 Å². The maximum atomic E-state index is 12.5. The monoisotopic (exact) mass is 351 g/mol. The molecule has 5 nitrogen and oxygen atoms in total. The molecule has 26 heavy (non-hydrogen) atoms. The Kier molecular flexibility index (Phi) is 5.89. The first-order valence-corrected chi connectivity index (χ1v) is 9.05. The van der Waals surface area contributed by atoms with E-state index in [9.17, 15) is 9.59 Å². The lowest BCUT2D eigenvalue weighted by Crippen LogP contribution is -2.49. The maximum Gasteiger partial charge on any atom is 0.318 e. The summed E-state index contributed by atoms with van der Waals surface area (Å²) in [5.74, 6) is -0.0852. The summed E-state index contributed by atoms with van der Waals surface area (Å²) in [6, 6.07) is 17.3.